The maximum absolute atomic E-state index is 13.5. The molecule has 4 rings (SSSR count). The molecule has 0 bridgehead atoms. The molecule has 0 heterocycles. The van der Waals surface area contributed by atoms with Gasteiger partial charge in [0, 0.05) is 6.54 Å². The topological polar surface area (TPSA) is 66.5 Å². The van der Waals surface area contributed by atoms with Gasteiger partial charge in [-0.05, 0) is 61.9 Å². The third-order valence-corrected chi connectivity index (χ3v) is 7.93. The van der Waals surface area contributed by atoms with E-state index in [9.17, 15) is 13.2 Å². The van der Waals surface area contributed by atoms with Crippen LogP contribution in [0.4, 0.5) is 0 Å². The average Bonchev–Trinajstić information content (AvgIpc) is 2.79. The number of sulfonamides is 1. The molecule has 0 saturated carbocycles. The van der Waals surface area contributed by atoms with E-state index in [0.29, 0.717) is 0 Å². The Morgan fingerprint density at radius 3 is 2.48 bits per heavy atom. The first-order valence-electron chi connectivity index (χ1n) is 11.3. The first kappa shape index (κ1) is 23.2. The van der Waals surface area contributed by atoms with Crippen molar-refractivity contribution in [2.45, 2.75) is 50.6 Å². The van der Waals surface area contributed by atoms with Gasteiger partial charge in [0.1, 0.15) is 0 Å². The summed E-state index contributed by atoms with van der Waals surface area (Å²) in [6, 6.07) is 22.5. The summed E-state index contributed by atoms with van der Waals surface area (Å²) in [7, 11) is -3.85. The first-order valence-corrected chi connectivity index (χ1v) is 12.8. The summed E-state index contributed by atoms with van der Waals surface area (Å²) < 4.78 is 28.3. The van der Waals surface area contributed by atoms with Crippen molar-refractivity contribution in [3.05, 3.63) is 101 Å². The fourth-order valence-corrected chi connectivity index (χ4v) is 5.79. The highest BCUT2D eigenvalue weighted by molar-refractivity contribution is 7.89. The predicted molar refractivity (Wildman–Crippen MR) is 130 cm³/mol. The van der Waals surface area contributed by atoms with Crippen molar-refractivity contribution in [3.8, 4) is 0 Å². The van der Waals surface area contributed by atoms with Crippen LogP contribution in [-0.2, 0) is 27.8 Å². The lowest BCUT2D eigenvalue weighted by molar-refractivity contribution is -0.122. The van der Waals surface area contributed by atoms with Crippen molar-refractivity contribution in [3.63, 3.8) is 0 Å². The summed E-state index contributed by atoms with van der Waals surface area (Å²) >= 11 is 0. The molecule has 0 aliphatic heterocycles. The number of nitrogens with one attached hydrogen (secondary N) is 1. The highest BCUT2D eigenvalue weighted by atomic mass is 32.2. The summed E-state index contributed by atoms with van der Waals surface area (Å²) in [5.41, 5.74) is 5.25. The van der Waals surface area contributed by atoms with Crippen LogP contribution < -0.4 is 5.32 Å². The van der Waals surface area contributed by atoms with Gasteiger partial charge >= 0.3 is 0 Å². The molecule has 0 saturated heterocycles. The molecular formula is C27H30N2O3S. The van der Waals surface area contributed by atoms with E-state index in [1.807, 2.05) is 56.3 Å². The van der Waals surface area contributed by atoms with Gasteiger partial charge in [0.15, 0.2) is 0 Å². The Balaban J connectivity index is 1.58. The molecule has 0 fully saturated rings. The summed E-state index contributed by atoms with van der Waals surface area (Å²) in [5.74, 6) is -0.292. The SMILES string of the molecule is Cc1ccc(S(=O)(=O)N(CC(=O)NC2CCCc3ccccc32)Cc2cccc(C)c2)cc1. The van der Waals surface area contributed by atoms with E-state index in [0.717, 1.165) is 41.5 Å². The number of fused-ring (bicyclic) bond motifs is 1. The van der Waals surface area contributed by atoms with Crippen LogP contribution in [0.3, 0.4) is 0 Å². The zero-order chi connectivity index (χ0) is 23.4. The van der Waals surface area contributed by atoms with Crippen molar-refractivity contribution in [2.75, 3.05) is 6.54 Å². The van der Waals surface area contributed by atoms with Gasteiger partial charge in [0.25, 0.3) is 0 Å². The number of aryl methyl sites for hydroxylation is 3. The van der Waals surface area contributed by atoms with Gasteiger partial charge in [-0.2, -0.15) is 4.31 Å². The van der Waals surface area contributed by atoms with Gasteiger partial charge in [0.05, 0.1) is 17.5 Å². The molecule has 5 nitrogen and oxygen atoms in total. The van der Waals surface area contributed by atoms with E-state index in [4.69, 9.17) is 0 Å². The molecule has 1 atom stereocenters. The van der Waals surface area contributed by atoms with Crippen LogP contribution >= 0.6 is 0 Å². The van der Waals surface area contributed by atoms with Gasteiger partial charge in [-0.1, -0.05) is 71.8 Å². The van der Waals surface area contributed by atoms with Crippen molar-refractivity contribution in [1.29, 1.82) is 0 Å². The molecule has 0 aromatic heterocycles. The lowest BCUT2D eigenvalue weighted by atomic mass is 9.88. The van der Waals surface area contributed by atoms with Gasteiger partial charge in [-0.15, -0.1) is 0 Å². The summed E-state index contributed by atoms with van der Waals surface area (Å²) in [5, 5.41) is 3.09. The summed E-state index contributed by atoms with van der Waals surface area (Å²) in [4.78, 5) is 13.3. The Morgan fingerprint density at radius 1 is 0.970 bits per heavy atom. The maximum Gasteiger partial charge on any atom is 0.243 e. The Bertz CT molecular complexity index is 1240. The quantitative estimate of drug-likeness (QED) is 0.554. The van der Waals surface area contributed by atoms with Gasteiger partial charge < -0.3 is 5.32 Å². The molecule has 1 aliphatic carbocycles. The fourth-order valence-electron chi connectivity index (χ4n) is 4.40. The highest BCUT2D eigenvalue weighted by Crippen LogP contribution is 2.29. The molecule has 1 N–H and O–H groups in total. The molecule has 1 unspecified atom stereocenters. The van der Waals surface area contributed by atoms with Crippen LogP contribution in [0.5, 0.6) is 0 Å². The Morgan fingerprint density at radius 2 is 1.73 bits per heavy atom. The van der Waals surface area contributed by atoms with Crippen LogP contribution in [-0.4, -0.2) is 25.2 Å². The first-order chi connectivity index (χ1) is 15.8. The largest absolute Gasteiger partial charge is 0.348 e. The Kier molecular flexibility index (Phi) is 6.96. The molecule has 172 valence electrons. The Labute approximate surface area is 196 Å². The van der Waals surface area contributed by atoms with Crippen LogP contribution in [0.2, 0.25) is 0 Å². The van der Waals surface area contributed by atoms with Crippen LogP contribution in [0, 0.1) is 13.8 Å². The molecule has 6 heteroatoms. The number of rotatable bonds is 7. The average molecular weight is 463 g/mol. The standard InChI is InChI=1S/C27H30N2O3S/c1-20-13-15-24(16-14-20)33(31,32)29(18-22-8-5-7-21(2)17-22)19-27(30)28-26-12-6-10-23-9-3-4-11-25(23)26/h3-5,7-9,11,13-17,26H,6,10,12,18-19H2,1-2H3,(H,28,30). The number of hydrogen-bond acceptors (Lipinski definition) is 3. The molecule has 0 spiro atoms. The minimum absolute atomic E-state index is 0.0923. The monoisotopic (exact) mass is 462 g/mol. The van der Waals surface area contributed by atoms with Crippen LogP contribution in [0.15, 0.2) is 77.7 Å². The smallest absolute Gasteiger partial charge is 0.243 e. The molecular weight excluding hydrogens is 432 g/mol. The van der Waals surface area contributed by atoms with E-state index < -0.39 is 10.0 Å². The molecule has 33 heavy (non-hydrogen) atoms. The van der Waals surface area contributed by atoms with Crippen molar-refractivity contribution >= 4 is 15.9 Å². The van der Waals surface area contributed by atoms with Gasteiger partial charge in [0.2, 0.25) is 15.9 Å². The second-order valence-corrected chi connectivity index (χ2v) is 10.7. The minimum Gasteiger partial charge on any atom is -0.348 e. The molecule has 1 aliphatic rings. The zero-order valence-electron chi connectivity index (χ0n) is 19.1. The number of carbonyl (C=O) groups excluding carboxylic acids is 1. The normalized spacial score (nSPS) is 15.8. The molecule has 3 aromatic carbocycles. The zero-order valence-corrected chi connectivity index (χ0v) is 19.9. The number of nitrogens with zero attached hydrogens (tertiary/aromatic N) is 1. The van der Waals surface area contributed by atoms with Gasteiger partial charge in [-0.3, -0.25) is 4.79 Å². The Hall–Kier alpha value is -2.96. The van der Waals surface area contributed by atoms with Crippen LogP contribution in [0.25, 0.3) is 0 Å². The number of hydrogen-bond donors (Lipinski definition) is 1. The second-order valence-electron chi connectivity index (χ2n) is 8.79. The predicted octanol–water partition coefficient (Wildman–Crippen LogP) is 4.69. The van der Waals surface area contributed by atoms with Gasteiger partial charge in [-0.25, -0.2) is 8.42 Å². The summed E-state index contributed by atoms with van der Waals surface area (Å²) in [6.45, 7) is 3.78. The fraction of sp³-hybridized carbons (Fsp3) is 0.296. The lowest BCUT2D eigenvalue weighted by Crippen LogP contribution is -2.42. The molecule has 0 radical (unpaired) electrons. The van der Waals surface area contributed by atoms with E-state index >= 15 is 0 Å². The highest BCUT2D eigenvalue weighted by Gasteiger charge is 2.29. The third kappa shape index (κ3) is 5.52. The number of benzene rings is 3. The maximum atomic E-state index is 13.5. The second kappa shape index (κ2) is 9.89. The number of amides is 1. The van der Waals surface area contributed by atoms with Crippen molar-refractivity contribution in [2.24, 2.45) is 0 Å². The number of carbonyl (C=O) groups is 1. The van der Waals surface area contributed by atoms with Crippen molar-refractivity contribution < 1.29 is 13.2 Å². The van der Waals surface area contributed by atoms with Crippen molar-refractivity contribution in [1.82, 2.24) is 9.62 Å². The van der Waals surface area contributed by atoms with E-state index in [2.05, 4.69) is 11.4 Å². The lowest BCUT2D eigenvalue weighted by Gasteiger charge is -2.28. The third-order valence-electron chi connectivity index (χ3n) is 6.12. The van der Waals surface area contributed by atoms with E-state index in [1.54, 1.807) is 24.3 Å². The minimum atomic E-state index is -3.85. The molecule has 3 aromatic rings. The molecule has 1 amide bonds. The van der Waals surface area contributed by atoms with E-state index in [1.165, 1.54) is 9.87 Å². The summed E-state index contributed by atoms with van der Waals surface area (Å²) in [6.07, 6.45) is 2.85. The van der Waals surface area contributed by atoms with Crippen LogP contribution in [0.1, 0.15) is 46.7 Å². The van der Waals surface area contributed by atoms with E-state index in [-0.39, 0.29) is 29.9 Å².